The van der Waals surface area contributed by atoms with Gasteiger partial charge in [0.25, 0.3) is 0 Å². The molecule has 1 fully saturated rings. The summed E-state index contributed by atoms with van der Waals surface area (Å²) in [7, 11) is 0.923. The number of hydrogen-bond donors (Lipinski definition) is 0. The van der Waals surface area contributed by atoms with Crippen molar-refractivity contribution in [2.45, 2.75) is 11.1 Å². The molecule has 2 nitrogen and oxygen atoms in total. The average molecular weight is 406 g/mol. The van der Waals surface area contributed by atoms with Crippen molar-refractivity contribution >= 4 is 18.5 Å². The first-order valence-corrected chi connectivity index (χ1v) is 11.0. The summed E-state index contributed by atoms with van der Waals surface area (Å²) in [5, 5.41) is 2.60. The number of benzene rings is 3. The Hall–Kier alpha value is -2.32. The molecule has 0 heterocycles. The Morgan fingerprint density at radius 2 is 1.45 bits per heavy atom. The molecule has 0 unspecified atom stereocenters. The van der Waals surface area contributed by atoms with E-state index in [1.807, 2.05) is 24.3 Å². The second-order valence-corrected chi connectivity index (χ2v) is 9.49. The van der Waals surface area contributed by atoms with Gasteiger partial charge >= 0.3 is 0 Å². The SMILES string of the molecule is C=C1[C@@H](P(c2ccccc2)c2ccccc2)[C@@]1(COCOC)c1ccc(F)cc1. The molecule has 0 saturated heterocycles. The molecule has 0 amide bonds. The molecule has 1 aliphatic rings. The van der Waals surface area contributed by atoms with Crippen LogP contribution in [0.1, 0.15) is 5.56 Å². The van der Waals surface area contributed by atoms with E-state index in [9.17, 15) is 4.39 Å². The molecule has 2 atom stereocenters. The molecule has 148 valence electrons. The van der Waals surface area contributed by atoms with Crippen LogP contribution >= 0.6 is 7.92 Å². The summed E-state index contributed by atoms with van der Waals surface area (Å²) in [5.41, 5.74) is 2.05. The van der Waals surface area contributed by atoms with Gasteiger partial charge in [0.1, 0.15) is 12.6 Å². The second kappa shape index (κ2) is 8.59. The van der Waals surface area contributed by atoms with E-state index in [4.69, 9.17) is 9.47 Å². The van der Waals surface area contributed by atoms with Crippen LogP contribution in [0.2, 0.25) is 0 Å². The lowest BCUT2D eigenvalue weighted by Crippen LogP contribution is -2.25. The zero-order chi connectivity index (χ0) is 20.3. The minimum Gasteiger partial charge on any atom is -0.359 e. The van der Waals surface area contributed by atoms with Crippen LogP contribution in [0.5, 0.6) is 0 Å². The third kappa shape index (κ3) is 3.79. The van der Waals surface area contributed by atoms with Gasteiger partial charge in [-0.2, -0.15) is 0 Å². The van der Waals surface area contributed by atoms with Crippen molar-refractivity contribution < 1.29 is 13.9 Å². The molecule has 3 aromatic rings. The summed E-state index contributed by atoms with van der Waals surface area (Å²) in [4.78, 5) is 0. The quantitative estimate of drug-likeness (QED) is 0.233. The van der Waals surface area contributed by atoms with Gasteiger partial charge in [0, 0.05) is 12.8 Å². The van der Waals surface area contributed by atoms with Gasteiger partial charge in [0.05, 0.1) is 12.0 Å². The van der Waals surface area contributed by atoms with Crippen molar-refractivity contribution in [1.29, 1.82) is 0 Å². The van der Waals surface area contributed by atoms with Crippen LogP contribution in [-0.2, 0) is 14.9 Å². The number of methoxy groups -OCH3 is 1. The summed E-state index contributed by atoms with van der Waals surface area (Å²) in [5.74, 6) is -0.238. The van der Waals surface area contributed by atoms with Gasteiger partial charge in [-0.15, -0.1) is 0 Å². The highest BCUT2D eigenvalue weighted by Gasteiger charge is 2.63. The molecule has 1 aliphatic carbocycles. The van der Waals surface area contributed by atoms with Crippen LogP contribution in [0.3, 0.4) is 0 Å². The monoisotopic (exact) mass is 406 g/mol. The predicted molar refractivity (Wildman–Crippen MR) is 118 cm³/mol. The summed E-state index contributed by atoms with van der Waals surface area (Å²) >= 11 is 0. The number of rotatable bonds is 8. The lowest BCUT2D eigenvalue weighted by atomic mass is 9.96. The summed E-state index contributed by atoms with van der Waals surface area (Å²) in [6.07, 6.45) is 0. The molecule has 4 rings (SSSR count). The van der Waals surface area contributed by atoms with Crippen molar-refractivity contribution in [3.05, 3.63) is 108 Å². The standard InChI is InChI=1S/C25H24FO2P/c1-19-24(25(19,17-28-18-27-2)20-13-15-21(26)16-14-20)29(22-9-5-3-6-10-22)23-11-7-4-8-12-23/h3-16,24H,1,17-18H2,2H3/t24-,25-/m1/s1. The largest absolute Gasteiger partial charge is 0.359 e. The van der Waals surface area contributed by atoms with E-state index >= 15 is 0 Å². The van der Waals surface area contributed by atoms with Crippen LogP contribution < -0.4 is 10.6 Å². The molecular formula is C25H24FO2P. The summed E-state index contributed by atoms with van der Waals surface area (Å²) in [6.45, 7) is 5.14. The van der Waals surface area contributed by atoms with Gasteiger partial charge in [0.2, 0.25) is 0 Å². The highest BCUT2D eigenvalue weighted by Crippen LogP contribution is 2.67. The molecule has 0 aromatic heterocycles. The second-order valence-electron chi connectivity index (χ2n) is 7.20. The molecular weight excluding hydrogens is 382 g/mol. The van der Waals surface area contributed by atoms with E-state index in [0.29, 0.717) is 6.61 Å². The van der Waals surface area contributed by atoms with Crippen molar-refractivity contribution in [3.63, 3.8) is 0 Å². The maximum atomic E-state index is 13.6. The van der Waals surface area contributed by atoms with Crippen LogP contribution in [0.15, 0.2) is 97.1 Å². The van der Waals surface area contributed by atoms with Crippen LogP contribution in [-0.4, -0.2) is 26.2 Å². The Balaban J connectivity index is 1.79. The molecule has 0 N–H and O–H groups in total. The van der Waals surface area contributed by atoms with E-state index in [1.54, 1.807) is 7.11 Å². The lowest BCUT2D eigenvalue weighted by molar-refractivity contribution is -0.0370. The van der Waals surface area contributed by atoms with Crippen molar-refractivity contribution in [2.75, 3.05) is 20.5 Å². The lowest BCUT2D eigenvalue weighted by Gasteiger charge is -2.24. The van der Waals surface area contributed by atoms with E-state index in [0.717, 1.165) is 11.1 Å². The molecule has 0 radical (unpaired) electrons. The molecule has 0 bridgehead atoms. The number of halogens is 1. The highest BCUT2D eigenvalue weighted by atomic mass is 31.1. The van der Waals surface area contributed by atoms with Gasteiger partial charge in [0.15, 0.2) is 0 Å². The maximum absolute atomic E-state index is 13.6. The average Bonchev–Trinajstić information content (AvgIpc) is 3.34. The summed E-state index contributed by atoms with van der Waals surface area (Å²) in [6, 6.07) is 27.9. The highest BCUT2D eigenvalue weighted by molar-refractivity contribution is 7.74. The van der Waals surface area contributed by atoms with Gasteiger partial charge < -0.3 is 9.47 Å². The Labute approximate surface area is 172 Å². The maximum Gasteiger partial charge on any atom is 0.146 e. The van der Waals surface area contributed by atoms with Crippen molar-refractivity contribution in [1.82, 2.24) is 0 Å². The third-order valence-corrected chi connectivity index (χ3v) is 8.48. The molecule has 4 heteroatoms. The number of ether oxygens (including phenoxy) is 2. The Bertz CT molecular complexity index is 920. The Morgan fingerprint density at radius 3 is 1.97 bits per heavy atom. The topological polar surface area (TPSA) is 18.5 Å². The minimum absolute atomic E-state index is 0.213. The molecule has 0 aliphatic heterocycles. The van der Waals surface area contributed by atoms with Crippen LogP contribution in [0.4, 0.5) is 4.39 Å². The van der Waals surface area contributed by atoms with Crippen molar-refractivity contribution in [2.24, 2.45) is 0 Å². The predicted octanol–water partition coefficient (Wildman–Crippen LogP) is 4.76. The zero-order valence-electron chi connectivity index (χ0n) is 16.4. The summed E-state index contributed by atoms with van der Waals surface area (Å²) < 4.78 is 24.6. The first-order valence-electron chi connectivity index (χ1n) is 9.60. The van der Waals surface area contributed by atoms with Gasteiger partial charge in [-0.25, -0.2) is 4.39 Å². The van der Waals surface area contributed by atoms with Crippen molar-refractivity contribution in [3.8, 4) is 0 Å². The fourth-order valence-corrected chi connectivity index (χ4v) is 7.23. The van der Waals surface area contributed by atoms with Gasteiger partial charge in [-0.05, 0) is 36.2 Å². The normalized spacial score (nSPS) is 20.8. The fraction of sp³-hybridized carbons (Fsp3) is 0.200. The Kier molecular flexibility index (Phi) is 5.91. The first kappa shape index (κ1) is 20.0. The van der Waals surface area contributed by atoms with Crippen LogP contribution in [0.25, 0.3) is 0 Å². The number of hydrogen-bond acceptors (Lipinski definition) is 2. The Morgan fingerprint density at radius 1 is 0.897 bits per heavy atom. The zero-order valence-corrected chi connectivity index (χ0v) is 17.3. The molecule has 1 saturated carbocycles. The van der Waals surface area contributed by atoms with Gasteiger partial charge in [-0.3, -0.25) is 0 Å². The third-order valence-electron chi connectivity index (χ3n) is 5.50. The smallest absolute Gasteiger partial charge is 0.146 e. The first-order chi connectivity index (χ1) is 14.2. The van der Waals surface area contributed by atoms with E-state index in [2.05, 4.69) is 55.1 Å². The molecule has 3 aromatic carbocycles. The van der Waals surface area contributed by atoms with E-state index in [1.165, 1.54) is 22.7 Å². The van der Waals surface area contributed by atoms with E-state index < -0.39 is 7.92 Å². The van der Waals surface area contributed by atoms with E-state index in [-0.39, 0.29) is 23.7 Å². The molecule has 29 heavy (non-hydrogen) atoms. The molecule has 0 spiro atoms. The fourth-order valence-electron chi connectivity index (χ4n) is 4.05. The van der Waals surface area contributed by atoms with Crippen LogP contribution in [0, 0.1) is 5.82 Å². The van der Waals surface area contributed by atoms with Gasteiger partial charge in [-0.1, -0.05) is 84.9 Å². The minimum atomic E-state index is -0.692.